The molecular weight excluding hydrogens is 518 g/mol. The van der Waals surface area contributed by atoms with E-state index in [1.165, 1.54) is 34.1 Å². The van der Waals surface area contributed by atoms with Gasteiger partial charge in [0.05, 0.1) is 18.2 Å². The summed E-state index contributed by atoms with van der Waals surface area (Å²) in [7, 11) is 0. The van der Waals surface area contributed by atoms with E-state index in [-0.39, 0.29) is 38.0 Å². The largest absolute Gasteiger partial charge is 0.464 e. The lowest BCUT2D eigenvalue weighted by Crippen LogP contribution is -2.46. The van der Waals surface area contributed by atoms with Crippen molar-refractivity contribution in [1.29, 1.82) is 0 Å². The van der Waals surface area contributed by atoms with E-state index in [9.17, 15) is 27.2 Å². The molecule has 4 rings (SSSR count). The van der Waals surface area contributed by atoms with Gasteiger partial charge < -0.3 is 24.3 Å². The SMILES string of the molecule is Cc1ccc(CN(Cc2ccc(F)cc2)C(=O)CN(CC2CCCO2)C(=O)Nc2cccc(C(F)(F)F)c2)o1. The molecule has 2 heterocycles. The molecule has 0 aliphatic carbocycles. The van der Waals surface area contributed by atoms with Crippen LogP contribution in [0.4, 0.5) is 28.0 Å². The summed E-state index contributed by atoms with van der Waals surface area (Å²) in [5.74, 6) is 0.361. The number of amides is 3. The van der Waals surface area contributed by atoms with Crippen molar-refractivity contribution in [3.05, 3.63) is 89.1 Å². The molecule has 1 saturated heterocycles. The fourth-order valence-electron chi connectivity index (χ4n) is 4.29. The molecular formula is C28H29F4N3O4. The van der Waals surface area contributed by atoms with Gasteiger partial charge in [0.25, 0.3) is 0 Å². The highest BCUT2D eigenvalue weighted by Gasteiger charge is 2.31. The zero-order valence-electron chi connectivity index (χ0n) is 21.3. The Morgan fingerprint density at radius 1 is 1.03 bits per heavy atom. The summed E-state index contributed by atoms with van der Waals surface area (Å²) in [6.07, 6.45) is -3.38. The lowest BCUT2D eigenvalue weighted by atomic mass is 10.2. The molecule has 1 aliphatic heterocycles. The van der Waals surface area contributed by atoms with Gasteiger partial charge in [0, 0.05) is 25.4 Å². The van der Waals surface area contributed by atoms with Crippen LogP contribution in [0, 0.1) is 12.7 Å². The highest BCUT2D eigenvalue weighted by molar-refractivity contribution is 5.92. The molecule has 0 radical (unpaired) electrons. The summed E-state index contributed by atoms with van der Waals surface area (Å²) < 4.78 is 64.2. The maximum absolute atomic E-state index is 13.6. The van der Waals surface area contributed by atoms with E-state index >= 15 is 0 Å². The molecule has 0 spiro atoms. The number of ether oxygens (including phenoxy) is 1. The minimum Gasteiger partial charge on any atom is -0.464 e. The molecule has 3 aromatic rings. The van der Waals surface area contributed by atoms with Crippen molar-refractivity contribution >= 4 is 17.6 Å². The number of urea groups is 1. The predicted molar refractivity (Wildman–Crippen MR) is 135 cm³/mol. The number of halogens is 4. The van der Waals surface area contributed by atoms with Gasteiger partial charge in [-0.3, -0.25) is 4.79 Å². The maximum Gasteiger partial charge on any atom is 0.416 e. The molecule has 1 aromatic heterocycles. The minimum absolute atomic E-state index is 0.0474. The number of furan rings is 1. The van der Waals surface area contributed by atoms with Crippen molar-refractivity contribution in [1.82, 2.24) is 9.80 Å². The molecule has 39 heavy (non-hydrogen) atoms. The van der Waals surface area contributed by atoms with Crippen LogP contribution < -0.4 is 5.32 Å². The zero-order chi connectivity index (χ0) is 28.0. The van der Waals surface area contributed by atoms with E-state index < -0.39 is 29.5 Å². The van der Waals surface area contributed by atoms with Crippen molar-refractivity contribution < 1.29 is 36.3 Å². The number of anilines is 1. The van der Waals surface area contributed by atoms with E-state index in [0.717, 1.165) is 18.6 Å². The number of rotatable bonds is 9. The maximum atomic E-state index is 13.6. The van der Waals surface area contributed by atoms with Gasteiger partial charge in [-0.05, 0) is 67.8 Å². The molecule has 1 N–H and O–H groups in total. The standard InChI is InChI=1S/C28H29F4N3O4/c1-19-7-12-25(39-19)17-34(15-20-8-10-22(29)11-9-20)26(36)18-35(16-24-6-3-13-38-24)27(37)33-23-5-2-4-21(14-23)28(30,31)32/h2,4-5,7-12,14,24H,3,6,13,15-18H2,1H3,(H,33,37). The van der Waals surface area contributed by atoms with Crippen LogP contribution >= 0.6 is 0 Å². The van der Waals surface area contributed by atoms with Crippen LogP contribution in [-0.2, 0) is 28.8 Å². The molecule has 1 aliphatic rings. The predicted octanol–water partition coefficient (Wildman–Crippen LogP) is 5.99. The Bertz CT molecular complexity index is 1270. The third-order valence-electron chi connectivity index (χ3n) is 6.28. The van der Waals surface area contributed by atoms with Crippen molar-refractivity contribution in [2.45, 2.75) is 45.1 Å². The number of carbonyl (C=O) groups is 2. The lowest BCUT2D eigenvalue weighted by Gasteiger charge is -2.29. The van der Waals surface area contributed by atoms with E-state index in [1.807, 2.05) is 0 Å². The van der Waals surface area contributed by atoms with Gasteiger partial charge in [-0.15, -0.1) is 0 Å². The second kappa shape index (κ2) is 12.3. The summed E-state index contributed by atoms with van der Waals surface area (Å²) >= 11 is 0. The Balaban J connectivity index is 1.53. The number of aryl methyl sites for hydroxylation is 1. The molecule has 1 unspecified atom stereocenters. The van der Waals surface area contributed by atoms with Gasteiger partial charge >= 0.3 is 12.2 Å². The van der Waals surface area contributed by atoms with Gasteiger partial charge in [0.2, 0.25) is 5.91 Å². The normalized spacial score (nSPS) is 15.3. The highest BCUT2D eigenvalue weighted by atomic mass is 19.4. The van der Waals surface area contributed by atoms with Crippen LogP contribution in [-0.4, -0.2) is 47.5 Å². The number of carbonyl (C=O) groups excluding carboxylic acids is 2. The zero-order valence-corrected chi connectivity index (χ0v) is 21.3. The second-order valence-corrected chi connectivity index (χ2v) is 9.41. The van der Waals surface area contributed by atoms with Gasteiger partial charge in [-0.1, -0.05) is 18.2 Å². The smallest absolute Gasteiger partial charge is 0.416 e. The van der Waals surface area contributed by atoms with Crippen LogP contribution in [0.15, 0.2) is 65.1 Å². The first-order valence-electron chi connectivity index (χ1n) is 12.5. The van der Waals surface area contributed by atoms with Gasteiger partial charge in [0.15, 0.2) is 0 Å². The third kappa shape index (κ3) is 8.06. The molecule has 3 amide bonds. The molecule has 2 aromatic carbocycles. The topological polar surface area (TPSA) is 75.0 Å². The number of benzene rings is 2. The van der Waals surface area contributed by atoms with E-state index in [2.05, 4.69) is 5.32 Å². The van der Waals surface area contributed by atoms with Crippen LogP contribution in [0.2, 0.25) is 0 Å². The Labute approximate surface area is 223 Å². The fraction of sp³-hybridized carbons (Fsp3) is 0.357. The highest BCUT2D eigenvalue weighted by Crippen LogP contribution is 2.30. The number of alkyl halides is 3. The monoisotopic (exact) mass is 547 g/mol. The Morgan fingerprint density at radius 3 is 2.44 bits per heavy atom. The van der Waals surface area contributed by atoms with Crippen LogP contribution in [0.5, 0.6) is 0 Å². The average molecular weight is 548 g/mol. The number of nitrogens with one attached hydrogen (secondary N) is 1. The summed E-state index contributed by atoms with van der Waals surface area (Å²) in [6, 6.07) is 12.8. The summed E-state index contributed by atoms with van der Waals surface area (Å²) in [5, 5.41) is 2.48. The molecule has 208 valence electrons. The Morgan fingerprint density at radius 2 is 1.79 bits per heavy atom. The van der Waals surface area contributed by atoms with Crippen molar-refractivity contribution in [2.75, 3.05) is 25.0 Å². The van der Waals surface area contributed by atoms with Gasteiger partial charge in [-0.25, -0.2) is 9.18 Å². The first-order valence-corrected chi connectivity index (χ1v) is 12.5. The van der Waals surface area contributed by atoms with E-state index in [0.29, 0.717) is 30.1 Å². The Hall–Kier alpha value is -3.86. The average Bonchev–Trinajstić information content (AvgIpc) is 3.55. The van der Waals surface area contributed by atoms with E-state index in [4.69, 9.17) is 9.15 Å². The van der Waals surface area contributed by atoms with Crippen LogP contribution in [0.3, 0.4) is 0 Å². The van der Waals surface area contributed by atoms with Crippen LogP contribution in [0.1, 0.15) is 35.5 Å². The Kier molecular flexibility index (Phi) is 8.90. The first kappa shape index (κ1) is 28.2. The molecule has 1 atom stereocenters. The first-order chi connectivity index (χ1) is 18.6. The molecule has 0 saturated carbocycles. The quantitative estimate of drug-likeness (QED) is 0.334. The van der Waals surface area contributed by atoms with Crippen molar-refractivity contribution in [3.63, 3.8) is 0 Å². The second-order valence-electron chi connectivity index (χ2n) is 9.41. The molecule has 0 bridgehead atoms. The van der Waals surface area contributed by atoms with Crippen molar-refractivity contribution in [2.24, 2.45) is 0 Å². The minimum atomic E-state index is -4.57. The number of hydrogen-bond donors (Lipinski definition) is 1. The van der Waals surface area contributed by atoms with Gasteiger partial charge in [-0.2, -0.15) is 13.2 Å². The molecule has 11 heteroatoms. The van der Waals surface area contributed by atoms with Crippen molar-refractivity contribution in [3.8, 4) is 0 Å². The summed E-state index contributed by atoms with van der Waals surface area (Å²) in [6.45, 7) is 2.26. The molecule has 7 nitrogen and oxygen atoms in total. The molecule has 1 fully saturated rings. The van der Waals surface area contributed by atoms with Crippen LogP contribution in [0.25, 0.3) is 0 Å². The summed E-state index contributed by atoms with van der Waals surface area (Å²) in [5.41, 5.74) is -0.276. The van der Waals surface area contributed by atoms with E-state index in [1.54, 1.807) is 31.2 Å². The van der Waals surface area contributed by atoms with Gasteiger partial charge in [0.1, 0.15) is 23.9 Å². The number of nitrogens with zero attached hydrogens (tertiary/aromatic N) is 2. The lowest BCUT2D eigenvalue weighted by molar-refractivity contribution is -0.137. The fourth-order valence-corrected chi connectivity index (χ4v) is 4.29. The summed E-state index contributed by atoms with van der Waals surface area (Å²) in [4.78, 5) is 29.5. The number of hydrogen-bond acceptors (Lipinski definition) is 4. The third-order valence-corrected chi connectivity index (χ3v) is 6.28.